The second-order valence-electron chi connectivity index (χ2n) is 6.22. The number of oxazole rings is 1. The highest BCUT2D eigenvalue weighted by Gasteiger charge is 2.18. The zero-order chi connectivity index (χ0) is 16.9. The van der Waals surface area contributed by atoms with Crippen LogP contribution in [0.25, 0.3) is 0 Å². The summed E-state index contributed by atoms with van der Waals surface area (Å²) < 4.78 is 5.07. The van der Waals surface area contributed by atoms with Gasteiger partial charge in [-0.1, -0.05) is 24.3 Å². The van der Waals surface area contributed by atoms with Gasteiger partial charge < -0.3 is 14.8 Å². The smallest absolute Gasteiger partial charge is 0.273 e. The van der Waals surface area contributed by atoms with Gasteiger partial charge in [-0.2, -0.15) is 0 Å². The van der Waals surface area contributed by atoms with Crippen LogP contribution in [0.4, 0.5) is 0 Å². The van der Waals surface area contributed by atoms with E-state index >= 15 is 0 Å². The third-order valence-electron chi connectivity index (χ3n) is 4.47. The molecule has 1 aromatic carbocycles. The van der Waals surface area contributed by atoms with Crippen molar-refractivity contribution >= 4 is 5.91 Å². The molecular formula is C18H23N3O3. The molecule has 0 bridgehead atoms. The van der Waals surface area contributed by atoms with Crippen LogP contribution in [-0.2, 0) is 13.1 Å². The number of benzene rings is 1. The lowest BCUT2D eigenvalue weighted by Gasteiger charge is -2.30. The number of nitrogens with zero attached hydrogens (tertiary/aromatic N) is 2. The van der Waals surface area contributed by atoms with Crippen LogP contribution in [0.2, 0.25) is 0 Å². The molecule has 0 saturated carbocycles. The molecule has 0 radical (unpaired) electrons. The summed E-state index contributed by atoms with van der Waals surface area (Å²) in [6.45, 7) is 4.82. The normalized spacial score (nSPS) is 16.2. The van der Waals surface area contributed by atoms with Crippen LogP contribution in [0.3, 0.4) is 0 Å². The maximum atomic E-state index is 12.2. The molecule has 6 heteroatoms. The van der Waals surface area contributed by atoms with Crippen molar-refractivity contribution in [2.75, 3.05) is 13.1 Å². The van der Waals surface area contributed by atoms with E-state index in [2.05, 4.69) is 21.3 Å². The van der Waals surface area contributed by atoms with Crippen molar-refractivity contribution in [3.8, 4) is 0 Å². The zero-order valence-electron chi connectivity index (χ0n) is 13.9. The van der Waals surface area contributed by atoms with Crippen molar-refractivity contribution < 1.29 is 14.3 Å². The number of piperidine rings is 1. The van der Waals surface area contributed by atoms with Gasteiger partial charge in [-0.25, -0.2) is 4.98 Å². The van der Waals surface area contributed by atoms with Crippen LogP contribution >= 0.6 is 0 Å². The van der Waals surface area contributed by atoms with Crippen molar-refractivity contribution in [2.24, 2.45) is 0 Å². The van der Waals surface area contributed by atoms with Gasteiger partial charge in [0.1, 0.15) is 5.76 Å². The molecule has 128 valence electrons. The van der Waals surface area contributed by atoms with Gasteiger partial charge in [0.05, 0.1) is 6.10 Å². The van der Waals surface area contributed by atoms with Crippen LogP contribution in [0.1, 0.15) is 40.2 Å². The van der Waals surface area contributed by atoms with Gasteiger partial charge in [0, 0.05) is 26.2 Å². The SMILES string of the molecule is Cc1ocnc1C(=O)NCc1ccccc1CN1CCC(O)CC1. The Hall–Kier alpha value is -2.18. The second kappa shape index (κ2) is 7.59. The molecule has 0 aliphatic carbocycles. The number of rotatable bonds is 5. The third-order valence-corrected chi connectivity index (χ3v) is 4.47. The van der Waals surface area contributed by atoms with E-state index in [-0.39, 0.29) is 12.0 Å². The van der Waals surface area contributed by atoms with Crippen LogP contribution in [-0.4, -0.2) is 40.1 Å². The minimum atomic E-state index is -0.225. The van der Waals surface area contributed by atoms with E-state index in [1.165, 1.54) is 12.0 Å². The van der Waals surface area contributed by atoms with Crippen molar-refractivity contribution in [1.29, 1.82) is 0 Å². The highest BCUT2D eigenvalue weighted by atomic mass is 16.3. The number of hydrogen-bond acceptors (Lipinski definition) is 5. The molecule has 1 amide bonds. The number of carbonyl (C=O) groups is 1. The number of aliphatic hydroxyl groups excluding tert-OH is 1. The Kier molecular flexibility index (Phi) is 5.27. The number of amides is 1. The highest BCUT2D eigenvalue weighted by Crippen LogP contribution is 2.17. The first-order chi connectivity index (χ1) is 11.6. The summed E-state index contributed by atoms with van der Waals surface area (Å²) in [6, 6.07) is 8.12. The number of aryl methyl sites for hydroxylation is 1. The Bertz CT molecular complexity index is 690. The Morgan fingerprint density at radius 2 is 2.04 bits per heavy atom. The molecule has 2 heterocycles. The third kappa shape index (κ3) is 4.01. The van der Waals surface area contributed by atoms with E-state index < -0.39 is 0 Å². The number of likely N-dealkylation sites (tertiary alicyclic amines) is 1. The minimum Gasteiger partial charge on any atom is -0.448 e. The molecule has 0 unspecified atom stereocenters. The number of carbonyl (C=O) groups excluding carboxylic acids is 1. The first-order valence-corrected chi connectivity index (χ1v) is 8.29. The van der Waals surface area contributed by atoms with Gasteiger partial charge in [-0.15, -0.1) is 0 Å². The van der Waals surface area contributed by atoms with E-state index in [0.717, 1.165) is 38.0 Å². The van der Waals surface area contributed by atoms with Crippen LogP contribution in [0.5, 0.6) is 0 Å². The summed E-state index contributed by atoms with van der Waals surface area (Å²) in [6.07, 6.45) is 2.76. The standard InChI is InChI=1S/C18H23N3O3/c1-13-17(20-12-24-13)18(23)19-10-14-4-2-3-5-15(14)11-21-8-6-16(22)7-9-21/h2-5,12,16,22H,6-11H2,1H3,(H,19,23). The molecule has 6 nitrogen and oxygen atoms in total. The van der Waals surface area contributed by atoms with Crippen LogP contribution < -0.4 is 5.32 Å². The Morgan fingerprint density at radius 3 is 2.71 bits per heavy atom. The van der Waals surface area contributed by atoms with Crippen molar-refractivity contribution in [3.63, 3.8) is 0 Å². The van der Waals surface area contributed by atoms with Gasteiger partial charge in [-0.3, -0.25) is 9.69 Å². The highest BCUT2D eigenvalue weighted by molar-refractivity contribution is 5.92. The largest absolute Gasteiger partial charge is 0.448 e. The average Bonchev–Trinajstić information content (AvgIpc) is 3.02. The Morgan fingerprint density at radius 1 is 1.33 bits per heavy atom. The summed E-state index contributed by atoms with van der Waals surface area (Å²) in [5.41, 5.74) is 2.63. The molecule has 1 aliphatic rings. The van der Waals surface area contributed by atoms with Gasteiger partial charge in [0.25, 0.3) is 5.91 Å². The van der Waals surface area contributed by atoms with Gasteiger partial charge in [0.2, 0.25) is 0 Å². The fourth-order valence-electron chi connectivity index (χ4n) is 2.99. The van der Waals surface area contributed by atoms with E-state index in [4.69, 9.17) is 4.42 Å². The second-order valence-corrected chi connectivity index (χ2v) is 6.22. The Labute approximate surface area is 141 Å². The fourth-order valence-corrected chi connectivity index (χ4v) is 2.99. The molecule has 2 aromatic rings. The molecule has 0 atom stereocenters. The number of aliphatic hydroxyl groups is 1. The quantitative estimate of drug-likeness (QED) is 0.875. The predicted molar refractivity (Wildman–Crippen MR) is 89.4 cm³/mol. The summed E-state index contributed by atoms with van der Waals surface area (Å²) in [4.78, 5) is 18.4. The zero-order valence-corrected chi connectivity index (χ0v) is 13.9. The lowest BCUT2D eigenvalue weighted by Crippen LogP contribution is -2.35. The molecule has 24 heavy (non-hydrogen) atoms. The first-order valence-electron chi connectivity index (χ1n) is 8.29. The van der Waals surface area contributed by atoms with Crippen LogP contribution in [0, 0.1) is 6.92 Å². The summed E-state index contributed by atoms with van der Waals surface area (Å²) in [5.74, 6) is 0.296. The topological polar surface area (TPSA) is 78.6 Å². The molecule has 1 aliphatic heterocycles. The molecule has 1 fully saturated rings. The fraction of sp³-hybridized carbons (Fsp3) is 0.444. The van der Waals surface area contributed by atoms with Gasteiger partial charge >= 0.3 is 0 Å². The molecular weight excluding hydrogens is 306 g/mol. The summed E-state index contributed by atoms with van der Waals surface area (Å²) >= 11 is 0. The van der Waals surface area contributed by atoms with Crippen LogP contribution in [0.15, 0.2) is 35.1 Å². The predicted octanol–water partition coefficient (Wildman–Crippen LogP) is 1.87. The van der Waals surface area contributed by atoms with E-state index in [1.807, 2.05) is 18.2 Å². The lowest BCUT2D eigenvalue weighted by molar-refractivity contribution is 0.0790. The Balaban J connectivity index is 1.62. The monoisotopic (exact) mass is 329 g/mol. The van der Waals surface area contributed by atoms with Crippen molar-refractivity contribution in [1.82, 2.24) is 15.2 Å². The maximum Gasteiger partial charge on any atom is 0.273 e. The van der Waals surface area contributed by atoms with E-state index in [0.29, 0.717) is 18.0 Å². The minimum absolute atomic E-state index is 0.165. The van der Waals surface area contributed by atoms with E-state index in [1.54, 1.807) is 6.92 Å². The van der Waals surface area contributed by atoms with Crippen molar-refractivity contribution in [2.45, 2.75) is 39.0 Å². The number of nitrogens with one attached hydrogen (secondary N) is 1. The summed E-state index contributed by atoms with van der Waals surface area (Å²) in [7, 11) is 0. The maximum absolute atomic E-state index is 12.2. The summed E-state index contributed by atoms with van der Waals surface area (Å²) in [5, 5.41) is 12.5. The number of aromatic nitrogens is 1. The molecule has 0 spiro atoms. The molecule has 2 N–H and O–H groups in total. The molecule has 1 saturated heterocycles. The van der Waals surface area contributed by atoms with Crippen molar-refractivity contribution in [3.05, 3.63) is 53.2 Å². The van der Waals surface area contributed by atoms with E-state index in [9.17, 15) is 9.90 Å². The van der Waals surface area contributed by atoms with Gasteiger partial charge in [-0.05, 0) is 30.9 Å². The van der Waals surface area contributed by atoms with Gasteiger partial charge in [0.15, 0.2) is 12.1 Å². The molecule has 1 aromatic heterocycles. The number of hydrogen-bond donors (Lipinski definition) is 2. The molecule has 3 rings (SSSR count). The lowest BCUT2D eigenvalue weighted by atomic mass is 10.0. The average molecular weight is 329 g/mol. The first kappa shape index (κ1) is 16.7.